The van der Waals surface area contributed by atoms with Gasteiger partial charge in [-0.3, -0.25) is 9.59 Å². The summed E-state index contributed by atoms with van der Waals surface area (Å²) in [6.07, 6.45) is 0.356. The molecule has 0 unspecified atom stereocenters. The Balaban J connectivity index is 3.40. The van der Waals surface area contributed by atoms with Gasteiger partial charge in [-0.2, -0.15) is 0 Å². The summed E-state index contributed by atoms with van der Waals surface area (Å²) in [5, 5.41) is 16.9. The van der Waals surface area contributed by atoms with Gasteiger partial charge in [0.2, 0.25) is 0 Å². The Morgan fingerprint density at radius 3 is 2.07 bits per heavy atom. The van der Waals surface area contributed by atoms with E-state index in [-0.39, 0.29) is 0 Å². The van der Waals surface area contributed by atoms with Crippen LogP contribution in [0.5, 0.6) is 0 Å². The Morgan fingerprint density at radius 1 is 1.07 bits per heavy atom. The maximum Gasteiger partial charge on any atom is 0.321 e. The first-order valence-corrected chi connectivity index (χ1v) is 6.65. The molecule has 0 rings (SSSR count). The lowest BCUT2D eigenvalue weighted by Crippen LogP contribution is -2.32. The van der Waals surface area contributed by atoms with Crippen LogP contribution in [0.4, 0.5) is 0 Å². The zero-order valence-corrected chi connectivity index (χ0v) is 9.59. The van der Waals surface area contributed by atoms with E-state index in [4.69, 9.17) is 21.7 Å². The summed E-state index contributed by atoms with van der Waals surface area (Å²) in [7, 11) is 2.68. The number of carboxylic acids is 2. The molecule has 6 nitrogen and oxygen atoms in total. The van der Waals surface area contributed by atoms with Crippen LogP contribution in [0, 0.1) is 0 Å². The largest absolute Gasteiger partial charge is 0.480 e. The summed E-state index contributed by atoms with van der Waals surface area (Å²) in [6, 6.07) is -1.73. The van der Waals surface area contributed by atoms with Gasteiger partial charge in [0.15, 0.2) is 0 Å². The molecular weight excluding hydrogens is 240 g/mol. The van der Waals surface area contributed by atoms with Gasteiger partial charge in [0.05, 0.1) is 0 Å². The fourth-order valence-corrected chi connectivity index (χ4v) is 2.77. The molecule has 0 heterocycles. The van der Waals surface area contributed by atoms with E-state index in [1.54, 1.807) is 0 Å². The Hall–Kier alpha value is -0.440. The van der Waals surface area contributed by atoms with Crippen LogP contribution in [-0.4, -0.2) is 45.7 Å². The number of carboxylic acid groups (broad SMARTS) is 2. The van der Waals surface area contributed by atoms with Gasteiger partial charge in [-0.25, -0.2) is 0 Å². The van der Waals surface area contributed by atoms with E-state index in [1.165, 1.54) is 21.6 Å². The van der Waals surface area contributed by atoms with Crippen molar-refractivity contribution in [1.29, 1.82) is 0 Å². The summed E-state index contributed by atoms with van der Waals surface area (Å²) in [4.78, 5) is 20.6. The van der Waals surface area contributed by atoms with Crippen LogP contribution in [0.1, 0.15) is 6.42 Å². The molecule has 15 heavy (non-hydrogen) atoms. The molecule has 0 aromatic heterocycles. The van der Waals surface area contributed by atoms with Gasteiger partial charge in [-0.05, 0) is 6.42 Å². The zero-order valence-electron chi connectivity index (χ0n) is 7.96. The molecule has 0 aliphatic heterocycles. The van der Waals surface area contributed by atoms with Gasteiger partial charge >= 0.3 is 11.9 Å². The standard InChI is InChI=1S/C7H14N2O4S2/c8-4(6(10)11)1-2-14-15-3-5(9)7(12)13/h4-5H,1-3,8-9H2,(H,10,11)(H,12,13)/t4-,5+/m1/s1. The van der Waals surface area contributed by atoms with Gasteiger partial charge in [0, 0.05) is 11.5 Å². The second kappa shape index (κ2) is 7.80. The molecule has 6 N–H and O–H groups in total. The third-order valence-corrected chi connectivity index (χ3v) is 3.95. The van der Waals surface area contributed by atoms with Crippen LogP contribution < -0.4 is 11.5 Å². The molecule has 8 heteroatoms. The van der Waals surface area contributed by atoms with Crippen molar-refractivity contribution < 1.29 is 19.8 Å². The minimum atomic E-state index is -1.04. The molecule has 2 atom stereocenters. The van der Waals surface area contributed by atoms with Crippen molar-refractivity contribution in [1.82, 2.24) is 0 Å². The number of carbonyl (C=O) groups is 2. The molecule has 88 valence electrons. The van der Waals surface area contributed by atoms with E-state index in [2.05, 4.69) is 0 Å². The van der Waals surface area contributed by atoms with E-state index in [9.17, 15) is 9.59 Å². The van der Waals surface area contributed by atoms with Crippen molar-refractivity contribution in [3.63, 3.8) is 0 Å². The maximum absolute atomic E-state index is 10.3. The summed E-state index contributed by atoms with van der Waals surface area (Å²) in [5.41, 5.74) is 10.5. The monoisotopic (exact) mass is 254 g/mol. The molecule has 0 aliphatic rings. The minimum absolute atomic E-state index is 0.294. The van der Waals surface area contributed by atoms with Gasteiger partial charge in [0.25, 0.3) is 0 Å². The maximum atomic E-state index is 10.3. The van der Waals surface area contributed by atoms with Crippen LogP contribution in [0.25, 0.3) is 0 Å². The van der Waals surface area contributed by atoms with Gasteiger partial charge in [0.1, 0.15) is 12.1 Å². The van der Waals surface area contributed by atoms with Crippen molar-refractivity contribution >= 4 is 33.5 Å². The Kier molecular flexibility index (Phi) is 7.57. The highest BCUT2D eigenvalue weighted by Gasteiger charge is 2.13. The number of hydrogen-bond acceptors (Lipinski definition) is 6. The average Bonchev–Trinajstić information content (AvgIpc) is 2.16. The summed E-state index contributed by atoms with van der Waals surface area (Å²) in [6.45, 7) is 0. The molecule has 0 spiro atoms. The van der Waals surface area contributed by atoms with Crippen molar-refractivity contribution in [3.8, 4) is 0 Å². The molecule has 0 aromatic rings. The van der Waals surface area contributed by atoms with E-state index in [1.807, 2.05) is 0 Å². The summed E-state index contributed by atoms with van der Waals surface area (Å²) >= 11 is 0. The van der Waals surface area contributed by atoms with E-state index >= 15 is 0 Å². The zero-order chi connectivity index (χ0) is 11.8. The molecule has 0 amide bonds. The molecule has 0 fully saturated rings. The van der Waals surface area contributed by atoms with Crippen LogP contribution in [-0.2, 0) is 9.59 Å². The lowest BCUT2D eigenvalue weighted by molar-refractivity contribution is -0.139. The van der Waals surface area contributed by atoms with E-state index in [0.717, 1.165) is 0 Å². The predicted molar refractivity (Wildman–Crippen MR) is 60.8 cm³/mol. The highest BCUT2D eigenvalue weighted by atomic mass is 33.1. The molecule has 0 bridgehead atoms. The molecule has 0 radical (unpaired) electrons. The molecule has 0 aromatic carbocycles. The van der Waals surface area contributed by atoms with Crippen LogP contribution >= 0.6 is 21.6 Å². The fourth-order valence-electron chi connectivity index (χ4n) is 0.550. The van der Waals surface area contributed by atoms with Crippen LogP contribution in [0.3, 0.4) is 0 Å². The predicted octanol–water partition coefficient (Wildman–Crippen LogP) is -0.418. The first-order chi connectivity index (χ1) is 6.95. The fraction of sp³-hybridized carbons (Fsp3) is 0.714. The van der Waals surface area contributed by atoms with Gasteiger partial charge < -0.3 is 21.7 Å². The highest BCUT2D eigenvalue weighted by molar-refractivity contribution is 8.76. The van der Waals surface area contributed by atoms with Gasteiger partial charge in [-0.15, -0.1) is 0 Å². The SMILES string of the molecule is N[C@H](CCSSC[C@H](N)C(=O)O)C(=O)O. The Bertz CT molecular complexity index is 205. The summed E-state index contributed by atoms with van der Waals surface area (Å²) in [5.74, 6) is -1.21. The number of nitrogens with two attached hydrogens (primary N) is 2. The number of rotatable bonds is 8. The third kappa shape index (κ3) is 7.48. The minimum Gasteiger partial charge on any atom is -0.480 e. The van der Waals surface area contributed by atoms with E-state index < -0.39 is 24.0 Å². The quantitative estimate of drug-likeness (QED) is 0.340. The van der Waals surface area contributed by atoms with Crippen LogP contribution in [0.2, 0.25) is 0 Å². The Morgan fingerprint density at radius 2 is 1.60 bits per heavy atom. The van der Waals surface area contributed by atoms with E-state index in [0.29, 0.717) is 17.9 Å². The highest BCUT2D eigenvalue weighted by Crippen LogP contribution is 2.22. The first kappa shape index (κ1) is 14.6. The topological polar surface area (TPSA) is 127 Å². The normalized spacial score (nSPS) is 14.5. The summed E-state index contributed by atoms with van der Waals surface area (Å²) < 4.78 is 0. The second-order valence-corrected chi connectivity index (χ2v) is 5.41. The van der Waals surface area contributed by atoms with Crippen molar-refractivity contribution in [2.75, 3.05) is 11.5 Å². The first-order valence-electron chi connectivity index (χ1n) is 4.16. The number of hydrogen-bond donors (Lipinski definition) is 4. The lowest BCUT2D eigenvalue weighted by atomic mass is 10.2. The molecule has 0 saturated heterocycles. The van der Waals surface area contributed by atoms with Crippen molar-refractivity contribution in [2.45, 2.75) is 18.5 Å². The van der Waals surface area contributed by atoms with Crippen molar-refractivity contribution in [3.05, 3.63) is 0 Å². The second-order valence-electron chi connectivity index (χ2n) is 2.78. The number of aliphatic carboxylic acids is 2. The molecular formula is C7H14N2O4S2. The Labute approximate surface area is 95.2 Å². The lowest BCUT2D eigenvalue weighted by Gasteiger charge is -2.06. The average molecular weight is 254 g/mol. The van der Waals surface area contributed by atoms with Crippen LogP contribution in [0.15, 0.2) is 0 Å². The smallest absolute Gasteiger partial charge is 0.321 e. The van der Waals surface area contributed by atoms with Crippen molar-refractivity contribution in [2.24, 2.45) is 11.5 Å². The molecule has 0 saturated carbocycles. The van der Waals surface area contributed by atoms with Gasteiger partial charge in [-0.1, -0.05) is 21.6 Å². The molecule has 0 aliphatic carbocycles. The third-order valence-electron chi connectivity index (χ3n) is 1.48.